The third-order valence-electron chi connectivity index (χ3n) is 2.46. The van der Waals surface area contributed by atoms with E-state index >= 15 is 0 Å². The summed E-state index contributed by atoms with van der Waals surface area (Å²) >= 11 is 0. The lowest BCUT2D eigenvalue weighted by atomic mass is 10.4. The summed E-state index contributed by atoms with van der Waals surface area (Å²) in [5.41, 5.74) is 2.24. The second kappa shape index (κ2) is 4.94. The molecule has 2 aromatic heterocycles. The lowest BCUT2D eigenvalue weighted by molar-refractivity contribution is 0.641. The maximum absolute atomic E-state index is 4.35. The van der Waals surface area contributed by atoms with E-state index in [0.29, 0.717) is 0 Å². The van der Waals surface area contributed by atoms with E-state index in [1.807, 2.05) is 36.5 Å². The van der Waals surface area contributed by atoms with Gasteiger partial charge in [0.2, 0.25) is 0 Å². The average molecular weight is 219 g/mol. The van der Waals surface area contributed by atoms with Crippen molar-refractivity contribution in [2.45, 2.75) is 20.0 Å². The number of imidazole rings is 1. The van der Waals surface area contributed by atoms with Gasteiger partial charge in [-0.05, 0) is 12.6 Å². The second-order valence-corrected chi connectivity index (χ2v) is 3.77. The maximum Gasteiger partial charge on any atom is 0.0952 e. The number of nitrogens with one attached hydrogen (secondary N) is 1. The first-order chi connectivity index (χ1) is 7.79. The molecule has 0 saturated carbocycles. The summed E-state index contributed by atoms with van der Waals surface area (Å²) in [6, 6.07) is 2.02. The fourth-order valence-electron chi connectivity index (χ4n) is 1.61. The predicted molar refractivity (Wildman–Crippen MR) is 61.9 cm³/mol. The third kappa shape index (κ3) is 2.49. The van der Waals surface area contributed by atoms with E-state index in [1.165, 1.54) is 5.69 Å². The molecule has 0 spiro atoms. The highest BCUT2D eigenvalue weighted by Crippen LogP contribution is 2.04. The van der Waals surface area contributed by atoms with E-state index in [0.717, 1.165) is 25.3 Å². The molecule has 0 unspecified atom stereocenters. The van der Waals surface area contributed by atoms with Gasteiger partial charge in [-0.1, -0.05) is 6.92 Å². The number of aromatic nitrogens is 4. The Morgan fingerprint density at radius 2 is 2.31 bits per heavy atom. The minimum Gasteiger partial charge on any atom is -0.327 e. The molecule has 0 radical (unpaired) electrons. The molecule has 0 fully saturated rings. The van der Waals surface area contributed by atoms with E-state index in [1.54, 1.807) is 0 Å². The Hall–Kier alpha value is -1.62. The molecular formula is C11H17N5. The fourth-order valence-corrected chi connectivity index (χ4v) is 1.61. The van der Waals surface area contributed by atoms with Gasteiger partial charge in [0, 0.05) is 26.0 Å². The molecule has 0 aliphatic heterocycles. The van der Waals surface area contributed by atoms with Gasteiger partial charge >= 0.3 is 0 Å². The molecule has 5 nitrogen and oxygen atoms in total. The summed E-state index contributed by atoms with van der Waals surface area (Å²) in [5.74, 6) is 0. The molecule has 2 rings (SSSR count). The van der Waals surface area contributed by atoms with Crippen molar-refractivity contribution in [2.24, 2.45) is 7.05 Å². The van der Waals surface area contributed by atoms with Crippen LogP contribution in [0, 0.1) is 0 Å². The van der Waals surface area contributed by atoms with Gasteiger partial charge in [0.25, 0.3) is 0 Å². The van der Waals surface area contributed by atoms with Crippen LogP contribution in [0.3, 0.4) is 0 Å². The summed E-state index contributed by atoms with van der Waals surface area (Å²) in [6.45, 7) is 4.69. The zero-order valence-corrected chi connectivity index (χ0v) is 9.72. The molecule has 0 aromatic carbocycles. The van der Waals surface area contributed by atoms with Crippen molar-refractivity contribution in [2.75, 3.05) is 6.54 Å². The molecular weight excluding hydrogens is 202 g/mol. The van der Waals surface area contributed by atoms with Gasteiger partial charge < -0.3 is 9.88 Å². The molecule has 0 amide bonds. The molecule has 5 heteroatoms. The van der Waals surface area contributed by atoms with Crippen LogP contribution in [-0.2, 0) is 20.1 Å². The van der Waals surface area contributed by atoms with Crippen LogP contribution in [0.4, 0.5) is 0 Å². The molecule has 16 heavy (non-hydrogen) atoms. The topological polar surface area (TPSA) is 47.7 Å². The van der Waals surface area contributed by atoms with E-state index < -0.39 is 0 Å². The van der Waals surface area contributed by atoms with Crippen LogP contribution in [0.5, 0.6) is 0 Å². The Morgan fingerprint density at radius 1 is 1.44 bits per heavy atom. The van der Waals surface area contributed by atoms with Crippen LogP contribution < -0.4 is 5.32 Å². The number of aryl methyl sites for hydroxylation is 1. The number of rotatable bonds is 5. The van der Waals surface area contributed by atoms with Crippen molar-refractivity contribution in [1.29, 1.82) is 0 Å². The standard InChI is InChI=1S/C11H17N5/c1-3-12-6-11-7-13-9-16(11)8-10-4-5-15(2)14-10/h4-5,7,9,12H,3,6,8H2,1-2H3. The van der Waals surface area contributed by atoms with E-state index in [9.17, 15) is 0 Å². The van der Waals surface area contributed by atoms with Gasteiger partial charge in [-0.2, -0.15) is 5.10 Å². The summed E-state index contributed by atoms with van der Waals surface area (Å²) in [4.78, 5) is 4.17. The first kappa shape index (κ1) is 10.9. The summed E-state index contributed by atoms with van der Waals surface area (Å²) in [6.07, 6.45) is 5.70. The van der Waals surface area contributed by atoms with Crippen molar-refractivity contribution in [1.82, 2.24) is 24.6 Å². The van der Waals surface area contributed by atoms with Gasteiger partial charge in [0.1, 0.15) is 0 Å². The highest BCUT2D eigenvalue weighted by Gasteiger charge is 2.03. The van der Waals surface area contributed by atoms with E-state index in [4.69, 9.17) is 0 Å². The quantitative estimate of drug-likeness (QED) is 0.808. The summed E-state index contributed by atoms with van der Waals surface area (Å²) in [7, 11) is 1.93. The highest BCUT2D eigenvalue weighted by molar-refractivity contribution is 5.05. The largest absolute Gasteiger partial charge is 0.327 e. The molecule has 0 aliphatic carbocycles. The molecule has 2 heterocycles. The van der Waals surface area contributed by atoms with Gasteiger partial charge in [-0.25, -0.2) is 4.98 Å². The van der Waals surface area contributed by atoms with Crippen LogP contribution in [0.2, 0.25) is 0 Å². The second-order valence-electron chi connectivity index (χ2n) is 3.77. The minimum absolute atomic E-state index is 0.779. The molecule has 86 valence electrons. The summed E-state index contributed by atoms with van der Waals surface area (Å²) < 4.78 is 3.93. The van der Waals surface area contributed by atoms with Crippen LogP contribution in [0.15, 0.2) is 24.8 Å². The number of hydrogen-bond acceptors (Lipinski definition) is 3. The minimum atomic E-state index is 0.779. The first-order valence-corrected chi connectivity index (χ1v) is 5.48. The summed E-state index contributed by atoms with van der Waals surface area (Å²) in [5, 5.41) is 7.65. The molecule has 0 aliphatic rings. The Kier molecular flexibility index (Phi) is 3.36. The predicted octanol–water partition coefficient (Wildman–Crippen LogP) is 0.774. The maximum atomic E-state index is 4.35. The van der Waals surface area contributed by atoms with Crippen LogP contribution in [0.1, 0.15) is 18.3 Å². The highest BCUT2D eigenvalue weighted by atomic mass is 15.3. The number of nitrogens with zero attached hydrogens (tertiary/aromatic N) is 4. The van der Waals surface area contributed by atoms with Crippen LogP contribution in [0.25, 0.3) is 0 Å². The Morgan fingerprint density at radius 3 is 3.00 bits per heavy atom. The molecule has 0 bridgehead atoms. The number of hydrogen-bond donors (Lipinski definition) is 1. The van der Waals surface area contributed by atoms with E-state index in [2.05, 4.69) is 26.9 Å². The fraction of sp³-hybridized carbons (Fsp3) is 0.455. The van der Waals surface area contributed by atoms with Crippen molar-refractivity contribution in [3.8, 4) is 0 Å². The smallest absolute Gasteiger partial charge is 0.0952 e. The lowest BCUT2D eigenvalue weighted by Gasteiger charge is -2.06. The Bertz CT molecular complexity index is 443. The van der Waals surface area contributed by atoms with Crippen molar-refractivity contribution in [3.63, 3.8) is 0 Å². The monoisotopic (exact) mass is 219 g/mol. The normalized spacial score (nSPS) is 10.9. The van der Waals surface area contributed by atoms with Crippen molar-refractivity contribution >= 4 is 0 Å². The zero-order chi connectivity index (χ0) is 11.4. The molecule has 0 saturated heterocycles. The van der Waals surface area contributed by atoms with Gasteiger partial charge in [-0.3, -0.25) is 4.68 Å². The van der Waals surface area contributed by atoms with Gasteiger partial charge in [0.15, 0.2) is 0 Å². The SMILES string of the molecule is CCNCc1cncn1Cc1ccn(C)n1. The first-order valence-electron chi connectivity index (χ1n) is 5.48. The Labute approximate surface area is 95.1 Å². The lowest BCUT2D eigenvalue weighted by Crippen LogP contribution is -2.15. The third-order valence-corrected chi connectivity index (χ3v) is 2.46. The molecule has 0 atom stereocenters. The molecule has 1 N–H and O–H groups in total. The van der Waals surface area contributed by atoms with Crippen LogP contribution >= 0.6 is 0 Å². The Balaban J connectivity index is 2.06. The van der Waals surface area contributed by atoms with E-state index in [-0.39, 0.29) is 0 Å². The van der Waals surface area contributed by atoms with Gasteiger partial charge in [0.05, 0.1) is 24.3 Å². The average Bonchev–Trinajstić information content (AvgIpc) is 2.86. The van der Waals surface area contributed by atoms with Crippen LogP contribution in [-0.4, -0.2) is 25.9 Å². The van der Waals surface area contributed by atoms with Crippen molar-refractivity contribution < 1.29 is 0 Å². The zero-order valence-electron chi connectivity index (χ0n) is 9.72. The van der Waals surface area contributed by atoms with Gasteiger partial charge in [-0.15, -0.1) is 0 Å². The van der Waals surface area contributed by atoms with Crippen molar-refractivity contribution in [3.05, 3.63) is 36.2 Å². The molecule has 2 aromatic rings.